The van der Waals surface area contributed by atoms with Gasteiger partial charge in [0, 0.05) is 18.8 Å². The summed E-state index contributed by atoms with van der Waals surface area (Å²) in [4.78, 5) is 13.5. The zero-order valence-electron chi connectivity index (χ0n) is 15.3. The predicted molar refractivity (Wildman–Crippen MR) is 95.1 cm³/mol. The van der Waals surface area contributed by atoms with E-state index < -0.39 is 5.97 Å². The standard InChI is InChI=1S/C19H37NO2/c1-5-7-9-11-13-15-20(16-14-12-10-8-6-2)18(4)17(3)19(21)22/h5-16H2,1-4H3,(H,21,22)/b18-17+. The molecule has 0 aliphatic heterocycles. The summed E-state index contributed by atoms with van der Waals surface area (Å²) in [6.07, 6.45) is 12.6. The Hall–Kier alpha value is -0.990. The predicted octanol–water partition coefficient (Wildman–Crippen LogP) is 5.61. The first-order chi connectivity index (χ1) is 10.5. The minimum Gasteiger partial charge on any atom is -0.478 e. The molecule has 0 bridgehead atoms. The number of unbranched alkanes of at least 4 members (excludes halogenated alkanes) is 8. The molecule has 0 aromatic carbocycles. The van der Waals surface area contributed by atoms with Crippen LogP contribution in [-0.2, 0) is 4.79 Å². The summed E-state index contributed by atoms with van der Waals surface area (Å²) >= 11 is 0. The van der Waals surface area contributed by atoms with E-state index in [0.717, 1.165) is 18.8 Å². The Balaban J connectivity index is 4.37. The molecule has 0 saturated heterocycles. The minimum absolute atomic E-state index is 0.488. The van der Waals surface area contributed by atoms with E-state index in [4.69, 9.17) is 0 Å². The molecule has 3 heteroatoms. The SMILES string of the molecule is CCCCCCCN(CCCCCCC)/C(C)=C(\C)C(=O)O. The monoisotopic (exact) mass is 311 g/mol. The molecule has 0 heterocycles. The summed E-state index contributed by atoms with van der Waals surface area (Å²) in [6, 6.07) is 0. The summed E-state index contributed by atoms with van der Waals surface area (Å²) in [5.74, 6) is -0.792. The molecule has 0 rings (SSSR count). The molecule has 130 valence electrons. The normalized spacial score (nSPS) is 12.2. The lowest BCUT2D eigenvalue weighted by Gasteiger charge is -2.26. The van der Waals surface area contributed by atoms with Crippen molar-refractivity contribution in [1.29, 1.82) is 0 Å². The van der Waals surface area contributed by atoms with Crippen molar-refractivity contribution in [1.82, 2.24) is 4.90 Å². The van der Waals surface area contributed by atoms with Gasteiger partial charge < -0.3 is 10.0 Å². The topological polar surface area (TPSA) is 40.5 Å². The lowest BCUT2D eigenvalue weighted by atomic mass is 10.1. The molecule has 0 spiro atoms. The van der Waals surface area contributed by atoms with Crippen LogP contribution in [0.2, 0.25) is 0 Å². The highest BCUT2D eigenvalue weighted by molar-refractivity contribution is 5.86. The first kappa shape index (κ1) is 21.0. The molecule has 1 N–H and O–H groups in total. The number of hydrogen-bond acceptors (Lipinski definition) is 2. The van der Waals surface area contributed by atoms with Crippen molar-refractivity contribution in [2.45, 2.75) is 91.9 Å². The molecular weight excluding hydrogens is 274 g/mol. The molecule has 0 aromatic rings. The third-order valence-corrected chi connectivity index (χ3v) is 4.40. The zero-order chi connectivity index (χ0) is 16.8. The van der Waals surface area contributed by atoms with Crippen molar-refractivity contribution in [3.05, 3.63) is 11.3 Å². The summed E-state index contributed by atoms with van der Waals surface area (Å²) in [6.45, 7) is 10.1. The van der Waals surface area contributed by atoms with E-state index in [9.17, 15) is 9.90 Å². The smallest absolute Gasteiger partial charge is 0.333 e. The van der Waals surface area contributed by atoms with E-state index in [2.05, 4.69) is 18.7 Å². The van der Waals surface area contributed by atoms with Crippen LogP contribution in [0, 0.1) is 0 Å². The maximum Gasteiger partial charge on any atom is 0.333 e. The van der Waals surface area contributed by atoms with Gasteiger partial charge in [-0.15, -0.1) is 0 Å². The number of carbonyl (C=O) groups is 1. The number of nitrogens with zero attached hydrogens (tertiary/aromatic N) is 1. The number of allylic oxidation sites excluding steroid dienone is 1. The Kier molecular flexibility index (Phi) is 13.0. The van der Waals surface area contributed by atoms with Crippen LogP contribution in [0.15, 0.2) is 11.3 Å². The zero-order valence-corrected chi connectivity index (χ0v) is 15.3. The van der Waals surface area contributed by atoms with Gasteiger partial charge in [-0.2, -0.15) is 0 Å². The van der Waals surface area contributed by atoms with Gasteiger partial charge >= 0.3 is 5.97 Å². The van der Waals surface area contributed by atoms with Gasteiger partial charge in [0.05, 0.1) is 5.57 Å². The third kappa shape index (κ3) is 9.86. The Morgan fingerprint density at radius 3 is 1.55 bits per heavy atom. The minimum atomic E-state index is -0.792. The number of hydrogen-bond donors (Lipinski definition) is 1. The average Bonchev–Trinajstić information content (AvgIpc) is 2.51. The Morgan fingerprint density at radius 2 is 1.18 bits per heavy atom. The van der Waals surface area contributed by atoms with Crippen molar-refractivity contribution in [3.63, 3.8) is 0 Å². The van der Waals surface area contributed by atoms with Gasteiger partial charge in [-0.3, -0.25) is 0 Å². The third-order valence-electron chi connectivity index (χ3n) is 4.40. The molecule has 0 unspecified atom stereocenters. The molecule has 0 fully saturated rings. The van der Waals surface area contributed by atoms with Crippen LogP contribution in [-0.4, -0.2) is 29.1 Å². The summed E-state index contributed by atoms with van der Waals surface area (Å²) < 4.78 is 0. The maximum absolute atomic E-state index is 11.2. The highest BCUT2D eigenvalue weighted by Crippen LogP contribution is 2.15. The van der Waals surface area contributed by atoms with Crippen LogP contribution in [0.3, 0.4) is 0 Å². The van der Waals surface area contributed by atoms with Crippen LogP contribution in [0.4, 0.5) is 0 Å². The summed E-state index contributed by atoms with van der Waals surface area (Å²) in [5.41, 5.74) is 1.43. The van der Waals surface area contributed by atoms with Crippen LogP contribution in [0.25, 0.3) is 0 Å². The summed E-state index contributed by atoms with van der Waals surface area (Å²) in [5, 5.41) is 9.20. The lowest BCUT2D eigenvalue weighted by molar-refractivity contribution is -0.132. The van der Waals surface area contributed by atoms with E-state index in [1.54, 1.807) is 6.92 Å². The Morgan fingerprint density at radius 1 is 0.773 bits per heavy atom. The Bertz CT molecular complexity index is 309. The molecule has 0 atom stereocenters. The largest absolute Gasteiger partial charge is 0.478 e. The van der Waals surface area contributed by atoms with Gasteiger partial charge in [-0.05, 0) is 26.7 Å². The van der Waals surface area contributed by atoms with Gasteiger partial charge in [0.1, 0.15) is 0 Å². The fourth-order valence-corrected chi connectivity index (χ4v) is 2.65. The van der Waals surface area contributed by atoms with Crippen molar-refractivity contribution in [2.75, 3.05) is 13.1 Å². The van der Waals surface area contributed by atoms with Gasteiger partial charge in [0.15, 0.2) is 0 Å². The summed E-state index contributed by atoms with van der Waals surface area (Å²) in [7, 11) is 0. The van der Waals surface area contributed by atoms with E-state index in [1.165, 1.54) is 64.2 Å². The molecular formula is C19H37NO2. The van der Waals surface area contributed by atoms with Gasteiger partial charge in [-0.1, -0.05) is 65.2 Å². The van der Waals surface area contributed by atoms with Crippen molar-refractivity contribution in [3.8, 4) is 0 Å². The molecule has 0 aliphatic carbocycles. The highest BCUT2D eigenvalue weighted by atomic mass is 16.4. The average molecular weight is 312 g/mol. The fraction of sp³-hybridized carbons (Fsp3) is 0.842. The maximum atomic E-state index is 11.2. The first-order valence-electron chi connectivity index (χ1n) is 9.20. The van der Waals surface area contributed by atoms with E-state index >= 15 is 0 Å². The molecule has 3 nitrogen and oxygen atoms in total. The van der Waals surface area contributed by atoms with Crippen LogP contribution >= 0.6 is 0 Å². The second kappa shape index (κ2) is 13.7. The number of carboxylic acids is 1. The van der Waals surface area contributed by atoms with Crippen molar-refractivity contribution >= 4 is 5.97 Å². The number of aliphatic carboxylic acids is 1. The molecule has 0 aliphatic rings. The fourth-order valence-electron chi connectivity index (χ4n) is 2.65. The lowest BCUT2D eigenvalue weighted by Crippen LogP contribution is -2.26. The molecule has 0 radical (unpaired) electrons. The Labute approximate surface area is 137 Å². The second-order valence-electron chi connectivity index (χ2n) is 6.33. The van der Waals surface area contributed by atoms with E-state index in [0.29, 0.717) is 5.57 Å². The van der Waals surface area contributed by atoms with E-state index in [-0.39, 0.29) is 0 Å². The molecule has 0 aromatic heterocycles. The molecule has 0 saturated carbocycles. The van der Waals surface area contributed by atoms with Crippen molar-refractivity contribution < 1.29 is 9.90 Å². The molecule has 22 heavy (non-hydrogen) atoms. The van der Waals surface area contributed by atoms with E-state index in [1.807, 2.05) is 6.92 Å². The quantitative estimate of drug-likeness (QED) is 0.335. The number of carboxylic acid groups (broad SMARTS) is 1. The van der Waals surface area contributed by atoms with Crippen LogP contribution in [0.1, 0.15) is 91.9 Å². The highest BCUT2D eigenvalue weighted by Gasteiger charge is 2.12. The van der Waals surface area contributed by atoms with Gasteiger partial charge in [0.25, 0.3) is 0 Å². The second-order valence-corrected chi connectivity index (χ2v) is 6.33. The number of rotatable bonds is 14. The first-order valence-corrected chi connectivity index (χ1v) is 9.20. The van der Waals surface area contributed by atoms with Gasteiger partial charge in [0.2, 0.25) is 0 Å². The van der Waals surface area contributed by atoms with Crippen LogP contribution < -0.4 is 0 Å². The van der Waals surface area contributed by atoms with Crippen molar-refractivity contribution in [2.24, 2.45) is 0 Å². The van der Waals surface area contributed by atoms with Gasteiger partial charge in [-0.25, -0.2) is 4.79 Å². The molecule has 0 amide bonds. The van der Waals surface area contributed by atoms with Crippen LogP contribution in [0.5, 0.6) is 0 Å².